The summed E-state index contributed by atoms with van der Waals surface area (Å²) in [6.45, 7) is 3.19. The molecule has 144 valence electrons. The normalized spacial score (nSPS) is 12.4. The monoisotopic (exact) mass is 452 g/mol. The molecule has 27 heavy (non-hydrogen) atoms. The lowest BCUT2D eigenvalue weighted by Gasteiger charge is -2.14. The third-order valence-electron chi connectivity index (χ3n) is 3.94. The second kappa shape index (κ2) is 9.25. The van der Waals surface area contributed by atoms with E-state index < -0.39 is 10.0 Å². The Morgan fingerprint density at radius 1 is 1.11 bits per heavy atom. The standard InChI is InChI=1S/C19H21BrN2O4S/c1-13(15-6-8-17(20)9-7-15)22-19(24)10-11-21-27(25,26)18-5-3-4-16(12-18)14(2)23/h3-9,12-13,21H,10-11H2,1-2H3,(H,22,24). The number of amides is 1. The van der Waals surface area contributed by atoms with Gasteiger partial charge in [-0.15, -0.1) is 0 Å². The molecule has 0 aromatic heterocycles. The number of carbonyl (C=O) groups is 2. The Balaban J connectivity index is 1.89. The van der Waals surface area contributed by atoms with Crippen LogP contribution in [-0.2, 0) is 14.8 Å². The number of ketones is 1. The van der Waals surface area contributed by atoms with E-state index in [1.165, 1.54) is 25.1 Å². The molecule has 1 unspecified atom stereocenters. The molecule has 2 aromatic rings. The Morgan fingerprint density at radius 3 is 2.41 bits per heavy atom. The van der Waals surface area contributed by atoms with Crippen LogP contribution in [0.2, 0.25) is 0 Å². The number of hydrogen-bond donors (Lipinski definition) is 2. The summed E-state index contributed by atoms with van der Waals surface area (Å²) in [6, 6.07) is 13.2. The van der Waals surface area contributed by atoms with Crippen LogP contribution in [0.1, 0.15) is 42.2 Å². The van der Waals surface area contributed by atoms with Gasteiger partial charge >= 0.3 is 0 Å². The lowest BCUT2D eigenvalue weighted by atomic mass is 10.1. The van der Waals surface area contributed by atoms with E-state index in [1.54, 1.807) is 6.07 Å². The van der Waals surface area contributed by atoms with Crippen molar-refractivity contribution in [3.05, 3.63) is 64.1 Å². The van der Waals surface area contributed by atoms with Crippen LogP contribution < -0.4 is 10.0 Å². The van der Waals surface area contributed by atoms with Crippen molar-refractivity contribution in [2.75, 3.05) is 6.54 Å². The molecular weight excluding hydrogens is 432 g/mol. The smallest absolute Gasteiger partial charge is 0.240 e. The molecule has 2 aromatic carbocycles. The zero-order chi connectivity index (χ0) is 20.0. The minimum Gasteiger partial charge on any atom is -0.350 e. The molecule has 2 rings (SSSR count). The van der Waals surface area contributed by atoms with Gasteiger partial charge in [0, 0.05) is 23.0 Å². The molecule has 2 N–H and O–H groups in total. The zero-order valence-electron chi connectivity index (χ0n) is 15.0. The molecule has 0 saturated carbocycles. The summed E-state index contributed by atoms with van der Waals surface area (Å²) in [5, 5.41) is 2.83. The van der Waals surface area contributed by atoms with E-state index in [0.29, 0.717) is 5.56 Å². The largest absolute Gasteiger partial charge is 0.350 e. The van der Waals surface area contributed by atoms with Crippen LogP contribution in [0.4, 0.5) is 0 Å². The highest BCUT2D eigenvalue weighted by Crippen LogP contribution is 2.16. The Hall–Kier alpha value is -2.03. The second-order valence-corrected chi connectivity index (χ2v) is 8.76. The van der Waals surface area contributed by atoms with Gasteiger partial charge in [0.2, 0.25) is 15.9 Å². The number of halogens is 1. The summed E-state index contributed by atoms with van der Waals surface area (Å²) in [7, 11) is -3.78. The summed E-state index contributed by atoms with van der Waals surface area (Å²) in [6.07, 6.45) is 0.00645. The van der Waals surface area contributed by atoms with Gasteiger partial charge in [-0.1, -0.05) is 40.2 Å². The van der Waals surface area contributed by atoms with Gasteiger partial charge in [0.25, 0.3) is 0 Å². The first-order valence-corrected chi connectivity index (χ1v) is 10.6. The van der Waals surface area contributed by atoms with E-state index in [-0.39, 0.29) is 35.6 Å². The Kier molecular flexibility index (Phi) is 7.29. The average Bonchev–Trinajstić information content (AvgIpc) is 2.62. The van der Waals surface area contributed by atoms with Gasteiger partial charge in [-0.2, -0.15) is 0 Å². The van der Waals surface area contributed by atoms with Gasteiger partial charge in [0.15, 0.2) is 5.78 Å². The molecular formula is C19H21BrN2O4S. The van der Waals surface area contributed by atoms with Crippen LogP contribution in [0, 0.1) is 0 Å². The van der Waals surface area contributed by atoms with Crippen LogP contribution in [-0.4, -0.2) is 26.7 Å². The van der Waals surface area contributed by atoms with Crippen molar-refractivity contribution in [2.24, 2.45) is 0 Å². The maximum atomic E-state index is 12.3. The predicted molar refractivity (Wildman–Crippen MR) is 107 cm³/mol. The third kappa shape index (κ3) is 6.27. The Labute approximate surface area is 167 Å². The van der Waals surface area contributed by atoms with Crippen molar-refractivity contribution >= 4 is 37.6 Å². The van der Waals surface area contributed by atoms with E-state index in [2.05, 4.69) is 26.0 Å². The second-order valence-electron chi connectivity index (χ2n) is 6.07. The van der Waals surface area contributed by atoms with Crippen molar-refractivity contribution < 1.29 is 18.0 Å². The number of hydrogen-bond acceptors (Lipinski definition) is 4. The number of nitrogens with one attached hydrogen (secondary N) is 2. The van der Waals surface area contributed by atoms with Crippen molar-refractivity contribution in [3.63, 3.8) is 0 Å². The number of sulfonamides is 1. The molecule has 0 radical (unpaired) electrons. The van der Waals surface area contributed by atoms with E-state index in [1.807, 2.05) is 31.2 Å². The van der Waals surface area contributed by atoms with E-state index in [0.717, 1.165) is 10.0 Å². The maximum Gasteiger partial charge on any atom is 0.240 e. The van der Waals surface area contributed by atoms with E-state index in [9.17, 15) is 18.0 Å². The highest BCUT2D eigenvalue weighted by Gasteiger charge is 2.16. The minimum absolute atomic E-state index is 0.00108. The summed E-state index contributed by atoms with van der Waals surface area (Å²) in [5.74, 6) is -0.473. The molecule has 6 nitrogen and oxygen atoms in total. The first kappa shape index (κ1) is 21.3. The molecule has 0 aliphatic rings. The van der Waals surface area contributed by atoms with E-state index in [4.69, 9.17) is 0 Å². The Bertz CT molecular complexity index is 927. The van der Waals surface area contributed by atoms with Gasteiger partial charge in [-0.05, 0) is 43.7 Å². The van der Waals surface area contributed by atoms with Crippen LogP contribution in [0.25, 0.3) is 0 Å². The third-order valence-corrected chi connectivity index (χ3v) is 5.93. The molecule has 1 amide bonds. The summed E-state index contributed by atoms with van der Waals surface area (Å²) < 4.78 is 27.9. The zero-order valence-corrected chi connectivity index (χ0v) is 17.4. The molecule has 0 aliphatic heterocycles. The minimum atomic E-state index is -3.78. The molecule has 0 saturated heterocycles. The van der Waals surface area contributed by atoms with Crippen molar-refractivity contribution in [3.8, 4) is 0 Å². The predicted octanol–water partition coefficient (Wildman–Crippen LogP) is 3.20. The van der Waals surface area contributed by atoms with Crippen LogP contribution in [0.5, 0.6) is 0 Å². The maximum absolute atomic E-state index is 12.3. The lowest BCUT2D eigenvalue weighted by molar-refractivity contribution is -0.121. The fourth-order valence-corrected chi connectivity index (χ4v) is 3.75. The molecule has 0 fully saturated rings. The highest BCUT2D eigenvalue weighted by atomic mass is 79.9. The van der Waals surface area contributed by atoms with Gasteiger partial charge in [-0.25, -0.2) is 13.1 Å². The SMILES string of the molecule is CC(=O)c1cccc(S(=O)(=O)NCCC(=O)NC(C)c2ccc(Br)cc2)c1. The van der Waals surface area contributed by atoms with Gasteiger partial charge in [0.05, 0.1) is 10.9 Å². The number of rotatable bonds is 8. The number of benzene rings is 2. The first-order chi connectivity index (χ1) is 12.7. The highest BCUT2D eigenvalue weighted by molar-refractivity contribution is 9.10. The topological polar surface area (TPSA) is 92.3 Å². The van der Waals surface area contributed by atoms with Gasteiger partial charge in [0.1, 0.15) is 0 Å². The van der Waals surface area contributed by atoms with Crippen LogP contribution in [0.3, 0.4) is 0 Å². The molecule has 0 spiro atoms. The Morgan fingerprint density at radius 2 is 1.78 bits per heavy atom. The van der Waals surface area contributed by atoms with Gasteiger partial charge < -0.3 is 5.32 Å². The molecule has 1 atom stereocenters. The molecule has 0 bridgehead atoms. The average molecular weight is 453 g/mol. The molecule has 0 heterocycles. The summed E-state index contributed by atoms with van der Waals surface area (Å²) in [4.78, 5) is 23.5. The summed E-state index contributed by atoms with van der Waals surface area (Å²) in [5.41, 5.74) is 1.27. The first-order valence-electron chi connectivity index (χ1n) is 8.34. The molecule has 0 aliphatic carbocycles. The lowest BCUT2D eigenvalue weighted by Crippen LogP contribution is -2.32. The van der Waals surface area contributed by atoms with Gasteiger partial charge in [-0.3, -0.25) is 9.59 Å². The van der Waals surface area contributed by atoms with Crippen molar-refractivity contribution in [1.82, 2.24) is 10.0 Å². The van der Waals surface area contributed by atoms with E-state index >= 15 is 0 Å². The number of carbonyl (C=O) groups excluding carboxylic acids is 2. The fourth-order valence-electron chi connectivity index (χ4n) is 2.41. The molecule has 8 heteroatoms. The quantitative estimate of drug-likeness (QED) is 0.601. The van der Waals surface area contributed by atoms with Crippen LogP contribution >= 0.6 is 15.9 Å². The number of Topliss-reactive ketones (excluding diaryl/α,β-unsaturated/α-hetero) is 1. The fraction of sp³-hybridized carbons (Fsp3) is 0.263. The van der Waals surface area contributed by atoms with Crippen LogP contribution in [0.15, 0.2) is 57.9 Å². The summed E-state index contributed by atoms with van der Waals surface area (Å²) >= 11 is 3.36. The van der Waals surface area contributed by atoms with Crippen molar-refractivity contribution in [2.45, 2.75) is 31.2 Å². The van der Waals surface area contributed by atoms with Crippen molar-refractivity contribution in [1.29, 1.82) is 0 Å².